The molecule has 0 radical (unpaired) electrons. The zero-order valence-corrected chi connectivity index (χ0v) is 18.3. The summed E-state index contributed by atoms with van der Waals surface area (Å²) in [5, 5.41) is 0. The fraction of sp³-hybridized carbons (Fsp3) is 0.520. The number of methoxy groups -OCH3 is 1. The summed E-state index contributed by atoms with van der Waals surface area (Å²) in [7, 11) is 3.65. The van der Waals surface area contributed by atoms with Crippen molar-refractivity contribution in [2.45, 2.75) is 64.2 Å². The molecule has 0 N–H and O–H groups in total. The summed E-state index contributed by atoms with van der Waals surface area (Å²) in [5.74, 6) is 1.39. The van der Waals surface area contributed by atoms with Gasteiger partial charge in [0.25, 0.3) is 0 Å². The maximum absolute atomic E-state index is 13.1. The molecule has 30 heavy (non-hydrogen) atoms. The summed E-state index contributed by atoms with van der Waals surface area (Å²) in [5.41, 5.74) is 4.73. The van der Waals surface area contributed by atoms with Crippen molar-refractivity contribution in [1.82, 2.24) is 4.90 Å². The normalized spacial score (nSPS) is 19.8. The molecule has 1 aromatic rings. The first-order valence-corrected chi connectivity index (χ1v) is 11.1. The van der Waals surface area contributed by atoms with Gasteiger partial charge in [-0.15, -0.1) is 0 Å². The Morgan fingerprint density at radius 3 is 2.17 bits per heavy atom. The summed E-state index contributed by atoms with van der Waals surface area (Å²) in [6.45, 7) is 2.77. The van der Waals surface area contributed by atoms with E-state index in [9.17, 15) is 9.59 Å². The maximum Gasteiger partial charge on any atom is 0.161 e. The molecule has 0 saturated heterocycles. The Balaban J connectivity index is 1.81. The fourth-order valence-corrected chi connectivity index (χ4v) is 5.00. The number of benzene rings is 1. The highest BCUT2D eigenvalue weighted by Crippen LogP contribution is 2.49. The number of allylic oxidation sites excluding steroid dienone is 4. The lowest BCUT2D eigenvalue weighted by Crippen LogP contribution is -2.37. The first-order valence-electron chi connectivity index (χ1n) is 11.1. The van der Waals surface area contributed by atoms with Crippen LogP contribution in [0.1, 0.15) is 69.8 Å². The van der Waals surface area contributed by atoms with Crippen LogP contribution in [0.2, 0.25) is 0 Å². The quantitative estimate of drug-likeness (QED) is 0.625. The van der Waals surface area contributed by atoms with E-state index in [1.165, 1.54) is 0 Å². The smallest absolute Gasteiger partial charge is 0.161 e. The monoisotopic (exact) mass is 409 g/mol. The topological polar surface area (TPSA) is 55.8 Å². The van der Waals surface area contributed by atoms with Gasteiger partial charge in [0.05, 0.1) is 13.7 Å². The number of hydrogen-bond donors (Lipinski definition) is 0. The fourth-order valence-electron chi connectivity index (χ4n) is 5.00. The maximum atomic E-state index is 13.1. The van der Waals surface area contributed by atoms with E-state index >= 15 is 0 Å². The molecule has 5 heteroatoms. The average Bonchev–Trinajstić information content (AvgIpc) is 2.75. The Morgan fingerprint density at radius 2 is 1.60 bits per heavy atom. The van der Waals surface area contributed by atoms with Gasteiger partial charge in [0.1, 0.15) is 0 Å². The summed E-state index contributed by atoms with van der Waals surface area (Å²) >= 11 is 0. The van der Waals surface area contributed by atoms with Crippen LogP contribution in [0.3, 0.4) is 0 Å². The van der Waals surface area contributed by atoms with E-state index in [-0.39, 0.29) is 17.5 Å². The van der Waals surface area contributed by atoms with Crippen molar-refractivity contribution in [1.29, 1.82) is 0 Å². The Bertz CT molecular complexity index is 883. The Kier molecular flexibility index (Phi) is 5.98. The minimum absolute atomic E-state index is 0.167. The van der Waals surface area contributed by atoms with Gasteiger partial charge in [-0.3, -0.25) is 9.59 Å². The number of unbranched alkanes of at least 4 members (excludes halogenated alkanes) is 1. The zero-order valence-electron chi connectivity index (χ0n) is 18.3. The highest BCUT2D eigenvalue weighted by molar-refractivity contribution is 6.06. The molecule has 0 saturated carbocycles. The molecule has 1 heterocycles. The first-order chi connectivity index (χ1) is 14.6. The second-order valence-corrected chi connectivity index (χ2v) is 8.38. The molecule has 0 fully saturated rings. The van der Waals surface area contributed by atoms with Crippen LogP contribution < -0.4 is 9.47 Å². The molecule has 4 rings (SSSR count). The standard InChI is InChI=1S/C25H31NO4/c1-4-5-14-30-21-13-12-16(15-22(21)29-3)23-24-17(8-6-10-19(24)27)26(2)18-9-7-11-20(28)25(18)23/h12-13,15,23H,4-11,14H2,1-3H3. The third-order valence-electron chi connectivity index (χ3n) is 6.52. The summed E-state index contributed by atoms with van der Waals surface area (Å²) in [4.78, 5) is 28.3. The van der Waals surface area contributed by atoms with E-state index < -0.39 is 0 Å². The van der Waals surface area contributed by atoms with Gasteiger partial charge in [-0.05, 0) is 49.8 Å². The number of rotatable bonds is 6. The van der Waals surface area contributed by atoms with Crippen molar-refractivity contribution < 1.29 is 19.1 Å². The molecule has 0 amide bonds. The van der Waals surface area contributed by atoms with Crippen LogP contribution >= 0.6 is 0 Å². The van der Waals surface area contributed by atoms with Crippen molar-refractivity contribution >= 4 is 11.6 Å². The molecular weight excluding hydrogens is 378 g/mol. The second-order valence-electron chi connectivity index (χ2n) is 8.38. The summed E-state index contributed by atoms with van der Waals surface area (Å²) in [6.07, 6.45) is 6.66. The molecule has 0 bridgehead atoms. The van der Waals surface area contributed by atoms with E-state index in [1.807, 2.05) is 25.2 Å². The van der Waals surface area contributed by atoms with Gasteiger partial charge in [0.15, 0.2) is 23.1 Å². The van der Waals surface area contributed by atoms with Gasteiger partial charge in [0.2, 0.25) is 0 Å². The van der Waals surface area contributed by atoms with Gasteiger partial charge in [0, 0.05) is 48.3 Å². The highest BCUT2D eigenvalue weighted by atomic mass is 16.5. The molecule has 1 aliphatic heterocycles. The number of hydrogen-bond acceptors (Lipinski definition) is 5. The van der Waals surface area contributed by atoms with Gasteiger partial charge in [-0.25, -0.2) is 0 Å². The van der Waals surface area contributed by atoms with Crippen molar-refractivity contribution in [3.63, 3.8) is 0 Å². The van der Waals surface area contributed by atoms with Gasteiger partial charge < -0.3 is 14.4 Å². The third-order valence-corrected chi connectivity index (χ3v) is 6.52. The molecule has 3 aliphatic rings. The molecule has 0 atom stereocenters. The number of nitrogens with zero attached hydrogens (tertiary/aromatic N) is 1. The number of ether oxygens (including phenoxy) is 2. The van der Waals surface area contributed by atoms with Crippen LogP contribution in [0.4, 0.5) is 0 Å². The second kappa shape index (κ2) is 8.66. The third kappa shape index (κ3) is 3.55. The van der Waals surface area contributed by atoms with E-state index in [0.29, 0.717) is 30.9 Å². The van der Waals surface area contributed by atoms with Crippen molar-refractivity contribution in [2.24, 2.45) is 0 Å². The van der Waals surface area contributed by atoms with Crippen LogP contribution in [0.5, 0.6) is 11.5 Å². The number of Topliss-reactive ketones (excluding diaryl/α,β-unsaturated/α-hetero) is 2. The number of carbonyl (C=O) groups excluding carboxylic acids is 2. The van der Waals surface area contributed by atoms with Crippen molar-refractivity contribution in [3.05, 3.63) is 46.3 Å². The molecule has 160 valence electrons. The molecule has 1 aromatic carbocycles. The summed E-state index contributed by atoms with van der Waals surface area (Å²) < 4.78 is 11.5. The molecule has 0 unspecified atom stereocenters. The lowest BCUT2D eigenvalue weighted by molar-refractivity contribution is -0.117. The van der Waals surface area contributed by atoms with Crippen molar-refractivity contribution in [2.75, 3.05) is 20.8 Å². The van der Waals surface area contributed by atoms with Gasteiger partial charge in [-0.2, -0.15) is 0 Å². The van der Waals surface area contributed by atoms with Crippen LogP contribution in [-0.4, -0.2) is 37.2 Å². The molecule has 2 aliphatic carbocycles. The molecule has 0 aromatic heterocycles. The van der Waals surface area contributed by atoms with E-state index in [0.717, 1.165) is 66.6 Å². The van der Waals surface area contributed by atoms with Gasteiger partial charge in [-0.1, -0.05) is 19.4 Å². The lowest BCUT2D eigenvalue weighted by atomic mass is 9.71. The van der Waals surface area contributed by atoms with Crippen LogP contribution in [-0.2, 0) is 9.59 Å². The number of ketones is 2. The first kappa shape index (κ1) is 20.7. The Morgan fingerprint density at radius 1 is 0.967 bits per heavy atom. The van der Waals surface area contributed by atoms with E-state index in [1.54, 1.807) is 7.11 Å². The summed E-state index contributed by atoms with van der Waals surface area (Å²) in [6, 6.07) is 5.87. The van der Waals surface area contributed by atoms with Crippen LogP contribution in [0, 0.1) is 0 Å². The highest BCUT2D eigenvalue weighted by Gasteiger charge is 2.42. The van der Waals surface area contributed by atoms with E-state index in [4.69, 9.17) is 9.47 Å². The number of carbonyl (C=O) groups is 2. The van der Waals surface area contributed by atoms with Crippen molar-refractivity contribution in [3.8, 4) is 11.5 Å². The molecular formula is C25H31NO4. The molecule has 5 nitrogen and oxygen atoms in total. The minimum Gasteiger partial charge on any atom is -0.493 e. The zero-order chi connectivity index (χ0) is 21.3. The SMILES string of the molecule is CCCCOc1ccc(C2C3=C(CCCC3=O)N(C)C3=C2C(=O)CCC3)cc1OC. The lowest BCUT2D eigenvalue weighted by Gasteiger charge is -2.42. The minimum atomic E-state index is -0.301. The molecule has 0 spiro atoms. The predicted octanol–water partition coefficient (Wildman–Crippen LogP) is 4.92. The van der Waals surface area contributed by atoms with E-state index in [2.05, 4.69) is 11.8 Å². The van der Waals surface area contributed by atoms with Crippen LogP contribution in [0.15, 0.2) is 40.7 Å². The average molecular weight is 410 g/mol. The van der Waals surface area contributed by atoms with Crippen LogP contribution in [0.25, 0.3) is 0 Å². The predicted molar refractivity (Wildman–Crippen MR) is 116 cm³/mol. The Hall–Kier alpha value is -2.56. The largest absolute Gasteiger partial charge is 0.493 e. The Labute approximate surface area is 178 Å². The van der Waals surface area contributed by atoms with Gasteiger partial charge >= 0.3 is 0 Å².